The largest absolute Gasteiger partial charge is 1.00 e. The SMILES string of the molecule is CN1C(=O)/C(=C/[n+]2ccccc2N)SC1=S.[Cl-]. The van der Waals surface area contributed by atoms with Gasteiger partial charge in [0.25, 0.3) is 11.7 Å². The van der Waals surface area contributed by atoms with Crippen LogP contribution in [-0.4, -0.2) is 22.2 Å². The van der Waals surface area contributed by atoms with E-state index in [1.54, 1.807) is 30.1 Å². The second-order valence-electron chi connectivity index (χ2n) is 3.26. The zero-order valence-corrected chi connectivity index (χ0v) is 11.4. The van der Waals surface area contributed by atoms with Crippen LogP contribution in [0.25, 0.3) is 6.20 Å². The first-order chi connectivity index (χ1) is 7.59. The molecule has 2 rings (SSSR count). The number of thiocarbonyl (C=S) groups is 1. The summed E-state index contributed by atoms with van der Waals surface area (Å²) in [5, 5.41) is 0. The predicted octanol–water partition coefficient (Wildman–Crippen LogP) is -2.15. The molecule has 1 aromatic rings. The van der Waals surface area contributed by atoms with E-state index in [4.69, 9.17) is 18.0 Å². The molecule has 90 valence electrons. The Balaban J connectivity index is 0.00000144. The zero-order chi connectivity index (χ0) is 11.7. The number of thioether (sulfide) groups is 1. The molecule has 0 aliphatic carbocycles. The molecule has 1 saturated heterocycles. The molecule has 0 radical (unpaired) electrons. The van der Waals surface area contributed by atoms with Gasteiger partial charge in [-0.1, -0.05) is 30.0 Å². The van der Waals surface area contributed by atoms with Crippen LogP contribution in [0.1, 0.15) is 0 Å². The van der Waals surface area contributed by atoms with Crippen LogP contribution in [0.5, 0.6) is 0 Å². The maximum absolute atomic E-state index is 11.7. The van der Waals surface area contributed by atoms with Crippen LogP contribution < -0.4 is 22.7 Å². The Kier molecular flexibility index (Phi) is 4.50. The summed E-state index contributed by atoms with van der Waals surface area (Å²) >= 11 is 6.31. The van der Waals surface area contributed by atoms with Crippen molar-refractivity contribution >= 4 is 46.2 Å². The van der Waals surface area contributed by atoms with Crippen LogP contribution in [0.15, 0.2) is 29.3 Å². The smallest absolute Gasteiger partial charge is 0.276 e. The van der Waals surface area contributed by atoms with E-state index < -0.39 is 0 Å². The molecule has 0 spiro atoms. The molecule has 0 unspecified atom stereocenters. The number of anilines is 1. The molecule has 0 aromatic carbocycles. The Morgan fingerprint density at radius 2 is 2.24 bits per heavy atom. The van der Waals surface area contributed by atoms with Crippen molar-refractivity contribution in [1.82, 2.24) is 4.90 Å². The number of amides is 1. The van der Waals surface area contributed by atoms with Crippen LogP contribution >= 0.6 is 24.0 Å². The van der Waals surface area contributed by atoms with Gasteiger partial charge in [-0.3, -0.25) is 15.4 Å². The highest BCUT2D eigenvalue weighted by molar-refractivity contribution is 8.26. The second-order valence-corrected chi connectivity index (χ2v) is 4.93. The van der Waals surface area contributed by atoms with Gasteiger partial charge in [-0.25, -0.2) is 4.57 Å². The van der Waals surface area contributed by atoms with Crippen molar-refractivity contribution < 1.29 is 21.8 Å². The fraction of sp³-hybridized carbons (Fsp3) is 0.100. The molecule has 2 heterocycles. The third-order valence-electron chi connectivity index (χ3n) is 2.17. The lowest BCUT2D eigenvalue weighted by Gasteiger charge is -2.03. The number of nitrogens with two attached hydrogens (primary N) is 1. The fourth-order valence-corrected chi connectivity index (χ4v) is 2.40. The van der Waals surface area contributed by atoms with Gasteiger partial charge in [0.2, 0.25) is 0 Å². The maximum Gasteiger partial charge on any atom is 0.276 e. The maximum atomic E-state index is 11.7. The highest BCUT2D eigenvalue weighted by Gasteiger charge is 2.29. The van der Waals surface area contributed by atoms with Crippen molar-refractivity contribution in [2.45, 2.75) is 0 Å². The highest BCUT2D eigenvalue weighted by atomic mass is 35.5. The minimum Gasteiger partial charge on any atom is -1.00 e. The van der Waals surface area contributed by atoms with Gasteiger partial charge in [0.1, 0.15) is 15.4 Å². The van der Waals surface area contributed by atoms with Gasteiger partial charge in [-0.2, -0.15) is 0 Å². The Morgan fingerprint density at radius 3 is 2.76 bits per heavy atom. The Bertz CT molecular complexity index is 504. The number of halogens is 1. The van der Waals surface area contributed by atoms with Gasteiger partial charge in [0.05, 0.1) is 6.20 Å². The summed E-state index contributed by atoms with van der Waals surface area (Å²) in [5.41, 5.74) is 5.76. The first-order valence-electron chi connectivity index (χ1n) is 4.57. The number of pyridine rings is 1. The molecule has 1 aliphatic rings. The molecule has 1 amide bonds. The van der Waals surface area contributed by atoms with E-state index in [2.05, 4.69) is 0 Å². The minimum atomic E-state index is -0.0919. The third-order valence-corrected chi connectivity index (χ3v) is 3.64. The number of hydrogen-bond donors (Lipinski definition) is 1. The molecule has 17 heavy (non-hydrogen) atoms. The van der Waals surface area contributed by atoms with Crippen molar-refractivity contribution in [3.8, 4) is 0 Å². The molecular weight excluding hydrogens is 278 g/mol. The molecule has 2 N–H and O–H groups in total. The average Bonchev–Trinajstić information content (AvgIpc) is 2.50. The summed E-state index contributed by atoms with van der Waals surface area (Å²) in [4.78, 5) is 13.8. The molecule has 1 aliphatic heterocycles. The summed E-state index contributed by atoms with van der Waals surface area (Å²) in [6, 6.07) is 5.45. The Labute approximate surface area is 115 Å². The van der Waals surface area contributed by atoms with Crippen LogP contribution in [-0.2, 0) is 4.79 Å². The zero-order valence-electron chi connectivity index (χ0n) is 8.96. The predicted molar refractivity (Wildman–Crippen MR) is 68.3 cm³/mol. The Hall–Kier alpha value is -1.11. The normalized spacial score (nSPS) is 17.5. The minimum absolute atomic E-state index is 0. The lowest BCUT2D eigenvalue weighted by Crippen LogP contribution is -3.00. The number of carbonyl (C=O) groups excluding carboxylic acids is 1. The van der Waals surface area contributed by atoms with Gasteiger partial charge in [0, 0.05) is 13.1 Å². The standard InChI is InChI=1S/C10H9N3OS2.ClH/c1-12-9(14)7(16-10(12)15)6-13-5-3-2-4-8(13)11;/h2-6,11H,1H3;1H/b7-6-;. The summed E-state index contributed by atoms with van der Waals surface area (Å²) < 4.78 is 2.26. The van der Waals surface area contributed by atoms with Gasteiger partial charge >= 0.3 is 0 Å². The monoisotopic (exact) mass is 287 g/mol. The van der Waals surface area contributed by atoms with Gasteiger partial charge < -0.3 is 12.4 Å². The topological polar surface area (TPSA) is 50.2 Å². The molecule has 7 heteroatoms. The van der Waals surface area contributed by atoms with Crippen molar-refractivity contribution in [2.24, 2.45) is 0 Å². The lowest BCUT2D eigenvalue weighted by atomic mass is 10.4. The molecule has 1 aromatic heterocycles. The van der Waals surface area contributed by atoms with Crippen LogP contribution in [0.3, 0.4) is 0 Å². The number of nitrogen functional groups attached to an aromatic ring is 1. The van der Waals surface area contributed by atoms with Gasteiger partial charge in [0.15, 0.2) is 0 Å². The van der Waals surface area contributed by atoms with E-state index in [1.807, 2.05) is 12.1 Å². The van der Waals surface area contributed by atoms with E-state index in [1.165, 1.54) is 16.7 Å². The number of aromatic nitrogens is 1. The molecule has 0 saturated carbocycles. The van der Waals surface area contributed by atoms with Gasteiger partial charge in [-0.05, 0) is 6.07 Å². The highest BCUT2D eigenvalue weighted by Crippen LogP contribution is 2.29. The summed E-state index contributed by atoms with van der Waals surface area (Å²) in [5.74, 6) is 0.481. The summed E-state index contributed by atoms with van der Waals surface area (Å²) in [7, 11) is 1.66. The third kappa shape index (κ3) is 2.77. The first kappa shape index (κ1) is 14.0. The summed E-state index contributed by atoms with van der Waals surface area (Å²) in [6.45, 7) is 0. The van der Waals surface area contributed by atoms with E-state index in [0.29, 0.717) is 15.0 Å². The number of likely N-dealkylation sites (N-methyl/N-ethyl adjacent to an activating group) is 1. The van der Waals surface area contributed by atoms with Crippen molar-refractivity contribution in [3.05, 3.63) is 29.3 Å². The van der Waals surface area contributed by atoms with E-state index in [9.17, 15) is 4.79 Å². The van der Waals surface area contributed by atoms with Crippen molar-refractivity contribution in [3.63, 3.8) is 0 Å². The summed E-state index contributed by atoms with van der Waals surface area (Å²) in [6.07, 6.45) is 3.48. The van der Waals surface area contributed by atoms with Crippen molar-refractivity contribution in [2.75, 3.05) is 12.8 Å². The van der Waals surface area contributed by atoms with E-state index >= 15 is 0 Å². The molecular formula is C10H10ClN3OS2. The number of carbonyl (C=O) groups is 1. The quantitative estimate of drug-likeness (QED) is 0.364. The number of rotatable bonds is 1. The van der Waals surface area contributed by atoms with Crippen LogP contribution in [0, 0.1) is 0 Å². The number of hydrogen-bond acceptors (Lipinski definition) is 4. The molecule has 0 atom stereocenters. The lowest BCUT2D eigenvalue weighted by molar-refractivity contribution is -0.552. The molecule has 0 bridgehead atoms. The van der Waals surface area contributed by atoms with E-state index in [-0.39, 0.29) is 18.3 Å². The second kappa shape index (κ2) is 5.48. The van der Waals surface area contributed by atoms with Crippen molar-refractivity contribution in [1.29, 1.82) is 0 Å². The average molecular weight is 288 g/mol. The molecule has 1 fully saturated rings. The van der Waals surface area contributed by atoms with Crippen LogP contribution in [0.4, 0.5) is 5.82 Å². The molecule has 4 nitrogen and oxygen atoms in total. The Morgan fingerprint density at radius 1 is 1.53 bits per heavy atom. The fourth-order valence-electron chi connectivity index (χ4n) is 1.25. The first-order valence-corrected chi connectivity index (χ1v) is 5.79. The van der Waals surface area contributed by atoms with E-state index in [0.717, 1.165) is 0 Å². The van der Waals surface area contributed by atoms with Crippen LogP contribution in [0.2, 0.25) is 0 Å². The van der Waals surface area contributed by atoms with Gasteiger partial charge in [-0.15, -0.1) is 0 Å². The number of nitrogens with zero attached hydrogens (tertiary/aromatic N) is 2.